The molecule has 1 fully saturated rings. The van der Waals surface area contributed by atoms with Crippen molar-refractivity contribution in [1.29, 1.82) is 0 Å². The van der Waals surface area contributed by atoms with Gasteiger partial charge >= 0.3 is 0 Å². The van der Waals surface area contributed by atoms with Gasteiger partial charge in [-0.3, -0.25) is 14.7 Å². The Kier molecular flexibility index (Phi) is 5.43. The number of nitrogens with zero attached hydrogens (tertiary/aromatic N) is 4. The highest BCUT2D eigenvalue weighted by molar-refractivity contribution is 5.97. The van der Waals surface area contributed by atoms with Gasteiger partial charge < -0.3 is 9.26 Å². The van der Waals surface area contributed by atoms with Crippen molar-refractivity contribution in [1.82, 2.24) is 20.0 Å². The number of carbonyl (C=O) groups excluding carboxylic acids is 1. The van der Waals surface area contributed by atoms with Crippen LogP contribution in [0.2, 0.25) is 0 Å². The zero-order chi connectivity index (χ0) is 19.3. The van der Waals surface area contributed by atoms with Crippen molar-refractivity contribution in [3.63, 3.8) is 0 Å². The molecule has 1 aliphatic rings. The first-order valence-corrected chi connectivity index (χ1v) is 9.36. The summed E-state index contributed by atoms with van der Waals surface area (Å²) in [6.07, 6.45) is 5.22. The van der Waals surface area contributed by atoms with Crippen molar-refractivity contribution in [2.75, 3.05) is 26.7 Å². The molecule has 144 valence electrons. The van der Waals surface area contributed by atoms with Gasteiger partial charge in [-0.15, -0.1) is 0 Å². The average Bonchev–Trinajstić information content (AvgIpc) is 3.25. The molecule has 0 aliphatic carbocycles. The second-order valence-corrected chi connectivity index (χ2v) is 6.89. The number of Topliss-reactive ketones (excluding diaryl/α,β-unsaturated/α-hetero) is 1. The lowest BCUT2D eigenvalue weighted by atomic mass is 9.96. The van der Waals surface area contributed by atoms with Gasteiger partial charge in [0.15, 0.2) is 5.78 Å². The molecule has 28 heavy (non-hydrogen) atoms. The Hall–Kier alpha value is -3.06. The molecule has 4 rings (SSSR count). The van der Waals surface area contributed by atoms with Crippen LogP contribution in [0.25, 0.3) is 11.4 Å². The van der Waals surface area contributed by atoms with E-state index in [4.69, 9.17) is 9.26 Å². The number of likely N-dealkylation sites (tertiary alicyclic amines) is 1. The maximum absolute atomic E-state index is 12.5. The largest absolute Gasteiger partial charge is 0.497 e. The molecule has 1 aliphatic heterocycles. The Morgan fingerprint density at radius 1 is 1.14 bits per heavy atom. The molecule has 1 saturated heterocycles. The van der Waals surface area contributed by atoms with E-state index in [-0.39, 0.29) is 11.7 Å². The maximum atomic E-state index is 12.5. The molecule has 1 aromatic carbocycles. The van der Waals surface area contributed by atoms with Gasteiger partial charge in [-0.1, -0.05) is 5.16 Å². The molecule has 3 heterocycles. The summed E-state index contributed by atoms with van der Waals surface area (Å²) in [7, 11) is 1.62. The smallest absolute Gasteiger partial charge is 0.230 e. The molecule has 7 nitrogen and oxygen atoms in total. The van der Waals surface area contributed by atoms with Crippen LogP contribution in [-0.4, -0.2) is 52.6 Å². The predicted octanol–water partition coefficient (Wildman–Crippen LogP) is 3.20. The van der Waals surface area contributed by atoms with Crippen LogP contribution in [0.5, 0.6) is 5.75 Å². The fourth-order valence-corrected chi connectivity index (χ4v) is 3.43. The first-order chi connectivity index (χ1) is 13.7. The second-order valence-electron chi connectivity index (χ2n) is 6.89. The number of piperidine rings is 1. The lowest BCUT2D eigenvalue weighted by Crippen LogP contribution is -2.36. The van der Waals surface area contributed by atoms with E-state index in [9.17, 15) is 4.79 Å². The van der Waals surface area contributed by atoms with Crippen molar-refractivity contribution in [2.45, 2.75) is 18.8 Å². The normalized spacial score (nSPS) is 15.5. The van der Waals surface area contributed by atoms with Crippen LogP contribution >= 0.6 is 0 Å². The van der Waals surface area contributed by atoms with Gasteiger partial charge in [0, 0.05) is 29.4 Å². The van der Waals surface area contributed by atoms with Crippen molar-refractivity contribution >= 4 is 5.78 Å². The number of hydrogen-bond donors (Lipinski definition) is 0. The summed E-state index contributed by atoms with van der Waals surface area (Å²) in [6, 6.07) is 11.0. The zero-order valence-corrected chi connectivity index (χ0v) is 15.7. The third-order valence-corrected chi connectivity index (χ3v) is 5.10. The van der Waals surface area contributed by atoms with Crippen molar-refractivity contribution in [3.8, 4) is 17.1 Å². The van der Waals surface area contributed by atoms with E-state index < -0.39 is 0 Å². The molecule has 2 aromatic heterocycles. The van der Waals surface area contributed by atoms with E-state index in [1.807, 2.05) is 36.4 Å². The molecule has 0 bridgehead atoms. The molecule has 0 unspecified atom stereocenters. The Balaban J connectivity index is 1.32. The van der Waals surface area contributed by atoms with Crippen LogP contribution in [-0.2, 0) is 0 Å². The van der Waals surface area contributed by atoms with E-state index in [1.54, 1.807) is 19.5 Å². The van der Waals surface area contributed by atoms with Gasteiger partial charge in [-0.05, 0) is 62.3 Å². The van der Waals surface area contributed by atoms with E-state index >= 15 is 0 Å². The summed E-state index contributed by atoms with van der Waals surface area (Å²) in [5.74, 6) is 2.37. The number of aromatic nitrogens is 3. The topological polar surface area (TPSA) is 81.4 Å². The Morgan fingerprint density at radius 2 is 1.86 bits per heavy atom. The molecule has 0 saturated carbocycles. The second kappa shape index (κ2) is 8.31. The van der Waals surface area contributed by atoms with Crippen LogP contribution < -0.4 is 4.74 Å². The molecule has 0 amide bonds. The average molecular weight is 378 g/mol. The van der Waals surface area contributed by atoms with E-state index in [0.29, 0.717) is 23.8 Å². The third kappa shape index (κ3) is 4.09. The zero-order valence-electron chi connectivity index (χ0n) is 15.7. The maximum Gasteiger partial charge on any atom is 0.230 e. The van der Waals surface area contributed by atoms with Crippen LogP contribution in [0, 0.1) is 0 Å². The molecule has 3 aromatic rings. The summed E-state index contributed by atoms with van der Waals surface area (Å²) < 4.78 is 10.6. The molecule has 7 heteroatoms. The standard InChI is InChI=1S/C21H22N4O3/c1-27-18-4-2-15(3-5-18)19(26)14-25-12-8-17(9-13-25)21-23-20(24-28-21)16-6-10-22-11-7-16/h2-7,10-11,17H,8-9,12-14H2,1H3. The molecule has 0 spiro atoms. The SMILES string of the molecule is COc1ccc(C(=O)CN2CCC(c3nc(-c4ccncc4)no3)CC2)cc1. The minimum Gasteiger partial charge on any atom is -0.497 e. The number of methoxy groups -OCH3 is 1. The summed E-state index contributed by atoms with van der Waals surface area (Å²) in [5.41, 5.74) is 1.61. The van der Waals surface area contributed by atoms with Crippen LogP contribution in [0.4, 0.5) is 0 Å². The fraction of sp³-hybridized carbons (Fsp3) is 0.333. The fourth-order valence-electron chi connectivity index (χ4n) is 3.43. The van der Waals surface area contributed by atoms with E-state index in [2.05, 4.69) is 20.0 Å². The highest BCUT2D eigenvalue weighted by atomic mass is 16.5. The highest BCUT2D eigenvalue weighted by Gasteiger charge is 2.26. The Bertz CT molecular complexity index is 916. The number of ether oxygens (including phenoxy) is 1. The Morgan fingerprint density at radius 3 is 2.54 bits per heavy atom. The monoisotopic (exact) mass is 378 g/mol. The number of carbonyl (C=O) groups is 1. The third-order valence-electron chi connectivity index (χ3n) is 5.10. The number of pyridine rings is 1. The lowest BCUT2D eigenvalue weighted by molar-refractivity contribution is 0.0904. The van der Waals surface area contributed by atoms with Crippen molar-refractivity contribution in [3.05, 3.63) is 60.2 Å². The molecular formula is C21H22N4O3. The van der Waals surface area contributed by atoms with Crippen molar-refractivity contribution < 1.29 is 14.1 Å². The molecule has 0 radical (unpaired) electrons. The molecule has 0 atom stereocenters. The summed E-state index contributed by atoms with van der Waals surface area (Å²) in [5, 5.41) is 4.09. The van der Waals surface area contributed by atoms with Crippen LogP contribution in [0.3, 0.4) is 0 Å². The van der Waals surface area contributed by atoms with Gasteiger partial charge in [-0.2, -0.15) is 4.98 Å². The van der Waals surface area contributed by atoms with Crippen LogP contribution in [0.15, 0.2) is 53.3 Å². The summed E-state index contributed by atoms with van der Waals surface area (Å²) in [4.78, 5) is 23.2. The lowest BCUT2D eigenvalue weighted by Gasteiger charge is -2.29. The highest BCUT2D eigenvalue weighted by Crippen LogP contribution is 2.28. The van der Waals surface area contributed by atoms with Gasteiger partial charge in [0.2, 0.25) is 11.7 Å². The first kappa shape index (κ1) is 18.3. The first-order valence-electron chi connectivity index (χ1n) is 9.36. The summed E-state index contributed by atoms with van der Waals surface area (Å²) in [6.45, 7) is 2.09. The van der Waals surface area contributed by atoms with Gasteiger partial charge in [-0.25, -0.2) is 0 Å². The van der Waals surface area contributed by atoms with E-state index in [1.165, 1.54) is 0 Å². The Labute approximate surface area is 163 Å². The number of hydrogen-bond acceptors (Lipinski definition) is 7. The number of benzene rings is 1. The number of rotatable bonds is 6. The minimum absolute atomic E-state index is 0.124. The van der Waals surface area contributed by atoms with Crippen molar-refractivity contribution in [2.24, 2.45) is 0 Å². The molecule has 0 N–H and O–H groups in total. The minimum atomic E-state index is 0.124. The van der Waals surface area contributed by atoms with Gasteiger partial charge in [0.05, 0.1) is 13.7 Å². The van der Waals surface area contributed by atoms with Gasteiger partial charge in [0.25, 0.3) is 0 Å². The molecular weight excluding hydrogens is 356 g/mol. The van der Waals surface area contributed by atoms with Gasteiger partial charge in [0.1, 0.15) is 5.75 Å². The van der Waals surface area contributed by atoms with E-state index in [0.717, 1.165) is 37.2 Å². The quantitative estimate of drug-likeness (QED) is 0.609. The number of ketones is 1. The summed E-state index contributed by atoms with van der Waals surface area (Å²) >= 11 is 0. The predicted molar refractivity (Wildman–Crippen MR) is 103 cm³/mol. The van der Waals surface area contributed by atoms with Crippen LogP contribution in [0.1, 0.15) is 35.0 Å².